The van der Waals surface area contributed by atoms with Gasteiger partial charge in [0.15, 0.2) is 0 Å². The summed E-state index contributed by atoms with van der Waals surface area (Å²) in [4.78, 5) is 74.0. The number of carbonyl (C=O) groups is 5. The third-order valence-electron chi connectivity index (χ3n) is 10.7. The zero-order valence-electron chi connectivity index (χ0n) is 32.1. The van der Waals surface area contributed by atoms with Gasteiger partial charge in [0.05, 0.1) is 36.9 Å². The van der Waals surface area contributed by atoms with Gasteiger partial charge in [-0.3, -0.25) is 28.7 Å². The van der Waals surface area contributed by atoms with Crippen molar-refractivity contribution >= 4 is 56.6 Å². The molecule has 2 aliphatic heterocycles. The summed E-state index contributed by atoms with van der Waals surface area (Å²) in [5, 5.41) is 12.6. The van der Waals surface area contributed by atoms with Crippen LogP contribution in [0.4, 0.5) is 0 Å². The lowest BCUT2D eigenvalue weighted by Gasteiger charge is -2.29. The van der Waals surface area contributed by atoms with Gasteiger partial charge in [-0.05, 0) is 71.4 Å². The highest BCUT2D eigenvalue weighted by atomic mass is 32.2. The fourth-order valence-electron chi connectivity index (χ4n) is 7.43. The number of carbonyl (C=O) groups excluding carboxylic acids is 5. The van der Waals surface area contributed by atoms with Gasteiger partial charge in [0, 0.05) is 35.6 Å². The van der Waals surface area contributed by atoms with Crippen LogP contribution in [0.25, 0.3) is 10.9 Å². The van der Waals surface area contributed by atoms with Crippen LogP contribution in [0.5, 0.6) is 17.4 Å². The molecule has 6 rings (SSSR count). The summed E-state index contributed by atoms with van der Waals surface area (Å²) in [5.41, 5.74) is -0.246. The van der Waals surface area contributed by atoms with E-state index in [0.29, 0.717) is 60.4 Å². The van der Waals surface area contributed by atoms with Crippen LogP contribution in [-0.4, -0.2) is 103 Å². The number of benzene rings is 1. The van der Waals surface area contributed by atoms with Crippen LogP contribution >= 0.6 is 0 Å². The lowest BCUT2D eigenvalue weighted by atomic mass is 10.0. The maximum Gasteiger partial charge on any atom is 0.288 e. The first kappa shape index (κ1) is 40.6. The van der Waals surface area contributed by atoms with Crippen molar-refractivity contribution in [2.24, 2.45) is 5.92 Å². The molecule has 0 bridgehead atoms. The van der Waals surface area contributed by atoms with Crippen LogP contribution in [-0.2, 0) is 34.0 Å². The van der Waals surface area contributed by atoms with Gasteiger partial charge in [-0.1, -0.05) is 25.0 Å². The summed E-state index contributed by atoms with van der Waals surface area (Å²) < 4.78 is 46.0. The van der Waals surface area contributed by atoms with Crippen LogP contribution in [0.3, 0.4) is 0 Å². The Morgan fingerprint density at radius 2 is 1.89 bits per heavy atom. The molecule has 5 unspecified atom stereocenters. The molecule has 5 atom stereocenters. The van der Waals surface area contributed by atoms with Gasteiger partial charge >= 0.3 is 0 Å². The number of fused-ring (bicyclic) bond motifs is 3. The monoisotopic (exact) mass is 794 g/mol. The molecule has 1 aromatic carbocycles. The van der Waals surface area contributed by atoms with E-state index in [-0.39, 0.29) is 31.9 Å². The van der Waals surface area contributed by atoms with Gasteiger partial charge in [-0.15, -0.1) is 0 Å². The molecule has 17 heteroatoms. The maximum absolute atomic E-state index is 14.5. The minimum atomic E-state index is -3.93. The van der Waals surface area contributed by atoms with Gasteiger partial charge < -0.3 is 35.2 Å². The van der Waals surface area contributed by atoms with Crippen molar-refractivity contribution in [3.05, 3.63) is 35.9 Å². The zero-order chi connectivity index (χ0) is 40.4. The molecular formula is C39H50N6O10S. The number of allylic oxidation sites excluding steroid dienone is 1. The number of nitrogens with zero attached hydrogens (tertiary/aromatic N) is 2. The minimum absolute atomic E-state index is 0.0249. The molecule has 3 fully saturated rings. The van der Waals surface area contributed by atoms with Crippen LogP contribution < -0.4 is 29.6 Å². The topological polar surface area (TPSA) is 223 Å². The molecule has 3 heterocycles. The average Bonchev–Trinajstić information content (AvgIpc) is 4.07. The first-order chi connectivity index (χ1) is 26.7. The number of aryl methyl sites for hydroxylation is 1. The van der Waals surface area contributed by atoms with Crippen molar-refractivity contribution in [1.82, 2.24) is 25.2 Å². The third-order valence-corrected chi connectivity index (χ3v) is 12.5. The van der Waals surface area contributed by atoms with Crippen molar-refractivity contribution in [2.75, 3.05) is 13.7 Å². The van der Waals surface area contributed by atoms with E-state index >= 15 is 0 Å². The summed E-state index contributed by atoms with van der Waals surface area (Å²) in [7, 11) is -2.38. The van der Waals surface area contributed by atoms with Crippen molar-refractivity contribution < 1.29 is 46.6 Å². The number of amides is 4. The summed E-state index contributed by atoms with van der Waals surface area (Å²) in [6.07, 6.45) is 6.90. The summed E-state index contributed by atoms with van der Waals surface area (Å²) in [5.74, 6) is -3.23. The predicted octanol–water partition coefficient (Wildman–Crippen LogP) is 2.78. The molecular weight excluding hydrogens is 745 g/mol. The number of rotatable bonds is 12. The van der Waals surface area contributed by atoms with Gasteiger partial charge in [0.2, 0.25) is 33.5 Å². The first-order valence-electron chi connectivity index (χ1n) is 19.2. The SMILES string of the molecule is COc1ccc2c(OC3CC4C(=O)NC5(C(=O)NS(=O)(=O)C6CC6)CC5C=CCCCCCC(NC(=O)C(=O)CC=N)C(=O)N4C3)cc(OC(C)C)nc2c1C. The van der Waals surface area contributed by atoms with E-state index in [2.05, 4.69) is 15.4 Å². The van der Waals surface area contributed by atoms with Crippen LogP contribution in [0.1, 0.15) is 83.6 Å². The first-order valence-corrected chi connectivity index (χ1v) is 20.7. The molecule has 0 spiro atoms. The largest absolute Gasteiger partial charge is 0.496 e. The summed E-state index contributed by atoms with van der Waals surface area (Å²) in [6, 6.07) is 2.84. The summed E-state index contributed by atoms with van der Waals surface area (Å²) in [6.45, 7) is 5.48. The highest BCUT2D eigenvalue weighted by molar-refractivity contribution is 7.91. The number of Topliss-reactive ketones (excluding diaryl/α,β-unsaturated/α-hetero) is 1. The van der Waals surface area contributed by atoms with Crippen molar-refractivity contribution in [2.45, 2.75) is 120 Å². The average molecular weight is 795 g/mol. The molecule has 1 aromatic heterocycles. The Balaban J connectivity index is 1.35. The molecule has 2 saturated carbocycles. The number of methoxy groups -OCH3 is 1. The molecule has 16 nitrogen and oxygen atoms in total. The van der Waals surface area contributed by atoms with Gasteiger partial charge in [-0.25, -0.2) is 13.4 Å². The predicted molar refractivity (Wildman–Crippen MR) is 205 cm³/mol. The highest BCUT2D eigenvalue weighted by Crippen LogP contribution is 2.46. The Morgan fingerprint density at radius 1 is 1.12 bits per heavy atom. The number of pyridine rings is 1. The number of hydrogen-bond donors (Lipinski definition) is 4. The number of hydrogen-bond acceptors (Lipinski definition) is 12. The molecule has 1 saturated heterocycles. The van der Waals surface area contributed by atoms with E-state index in [1.165, 1.54) is 4.90 Å². The number of nitrogens with one attached hydrogen (secondary N) is 4. The van der Waals surface area contributed by atoms with Gasteiger partial charge in [-0.2, -0.15) is 0 Å². The van der Waals surface area contributed by atoms with Gasteiger partial charge in [0.25, 0.3) is 11.8 Å². The molecule has 2 aromatic rings. The lowest BCUT2D eigenvalue weighted by Crippen LogP contribution is -2.58. The normalized spacial score (nSPS) is 25.6. The van der Waals surface area contributed by atoms with Crippen molar-refractivity contribution in [3.8, 4) is 17.4 Å². The number of ether oxygens (including phenoxy) is 3. The van der Waals surface area contributed by atoms with E-state index in [4.69, 9.17) is 24.6 Å². The van der Waals surface area contributed by atoms with E-state index in [1.807, 2.05) is 32.9 Å². The molecule has 4 amide bonds. The van der Waals surface area contributed by atoms with E-state index in [0.717, 1.165) is 18.2 Å². The smallest absolute Gasteiger partial charge is 0.288 e. The number of aromatic nitrogens is 1. The Hall–Kier alpha value is -5.06. The van der Waals surface area contributed by atoms with Crippen molar-refractivity contribution in [3.63, 3.8) is 0 Å². The molecule has 302 valence electrons. The third kappa shape index (κ3) is 8.82. The van der Waals surface area contributed by atoms with E-state index in [9.17, 15) is 32.4 Å². The van der Waals surface area contributed by atoms with Crippen LogP contribution in [0.15, 0.2) is 30.4 Å². The van der Waals surface area contributed by atoms with E-state index in [1.54, 1.807) is 25.3 Å². The summed E-state index contributed by atoms with van der Waals surface area (Å²) >= 11 is 0. The number of sulfonamides is 1. The van der Waals surface area contributed by atoms with Crippen molar-refractivity contribution in [1.29, 1.82) is 5.41 Å². The maximum atomic E-state index is 14.5. The van der Waals surface area contributed by atoms with Crippen LogP contribution in [0, 0.1) is 18.3 Å². The fraction of sp³-hybridized carbons (Fsp3) is 0.564. The zero-order valence-corrected chi connectivity index (χ0v) is 32.9. The molecule has 4 aliphatic rings. The molecule has 56 heavy (non-hydrogen) atoms. The van der Waals surface area contributed by atoms with Crippen LogP contribution in [0.2, 0.25) is 0 Å². The second kappa shape index (κ2) is 16.6. The molecule has 4 N–H and O–H groups in total. The molecule has 0 radical (unpaired) electrons. The standard InChI is InChI=1S/C39H50N6O10S/c1-22(2)54-33-19-32(27-14-15-31(53-4)23(3)34(27)42-33)55-25-18-29-35(47)43-39(38(50)44-56(51,52)26-12-13-26)20-24(39)10-8-6-5-7-9-11-28(37(49)45(29)21-25)41-36(48)30(46)16-17-40/h8,10,14-15,17,19,22,24-26,28-29,40H,5-7,9,11-13,16,18,20-21H2,1-4H3,(H,41,48)(H,43,47)(H,44,50). The fourth-order valence-corrected chi connectivity index (χ4v) is 8.79. The highest BCUT2D eigenvalue weighted by Gasteiger charge is 2.62. The molecule has 2 aliphatic carbocycles. The van der Waals surface area contributed by atoms with Gasteiger partial charge in [0.1, 0.15) is 35.2 Å². The lowest BCUT2D eigenvalue weighted by molar-refractivity contribution is -0.144. The number of ketones is 1. The Bertz CT molecular complexity index is 2050. The van der Waals surface area contributed by atoms with E-state index < -0.39 is 80.8 Å². The second-order valence-electron chi connectivity index (χ2n) is 15.3. The quantitative estimate of drug-likeness (QED) is 0.139. The minimum Gasteiger partial charge on any atom is -0.496 e. The Labute approximate surface area is 326 Å². The Kier molecular flexibility index (Phi) is 12.0. The Morgan fingerprint density at radius 3 is 2.59 bits per heavy atom. The second-order valence-corrected chi connectivity index (χ2v) is 17.2.